The fraction of sp³-hybridized carbons (Fsp3) is 0.250. The number of halogens is 2. The quantitative estimate of drug-likeness (QED) is 0.212. The number of aryl methyl sites for hydroxylation is 1. The largest absolute Gasteiger partial charge is 0.487 e. The van der Waals surface area contributed by atoms with Crippen LogP contribution in [0.25, 0.3) is 22.2 Å². The summed E-state index contributed by atoms with van der Waals surface area (Å²) >= 11 is 0. The SMILES string of the molecule is CC(C)(C)C(c1ccccc1)c1cc(OCc2ccc3cc(F)ccc3n2)ccc1-c1ccn(CCF)n1. The Labute approximate surface area is 221 Å². The number of benzene rings is 3. The highest BCUT2D eigenvalue weighted by Crippen LogP contribution is 2.45. The second kappa shape index (κ2) is 10.7. The molecule has 3 aromatic carbocycles. The Morgan fingerprint density at radius 3 is 2.50 bits per heavy atom. The molecule has 38 heavy (non-hydrogen) atoms. The van der Waals surface area contributed by atoms with E-state index in [2.05, 4.69) is 61.2 Å². The summed E-state index contributed by atoms with van der Waals surface area (Å²) in [6.45, 7) is 6.72. The summed E-state index contributed by atoms with van der Waals surface area (Å²) in [5.41, 5.74) is 5.46. The van der Waals surface area contributed by atoms with Crippen molar-refractivity contribution in [1.82, 2.24) is 14.8 Å². The van der Waals surface area contributed by atoms with Gasteiger partial charge in [-0.05, 0) is 65.1 Å². The number of hydrogen-bond donors (Lipinski definition) is 0. The Bertz CT molecular complexity index is 1540. The van der Waals surface area contributed by atoms with Crippen molar-refractivity contribution in [3.05, 3.63) is 114 Å². The predicted molar refractivity (Wildman–Crippen MR) is 147 cm³/mol. The molecule has 0 N–H and O–H groups in total. The van der Waals surface area contributed by atoms with Gasteiger partial charge in [0, 0.05) is 23.1 Å². The van der Waals surface area contributed by atoms with Crippen LogP contribution in [0.3, 0.4) is 0 Å². The minimum atomic E-state index is -0.465. The van der Waals surface area contributed by atoms with Gasteiger partial charge in [0.05, 0.1) is 23.4 Å². The lowest BCUT2D eigenvalue weighted by Gasteiger charge is -2.33. The van der Waals surface area contributed by atoms with E-state index in [1.54, 1.807) is 10.7 Å². The molecule has 0 saturated heterocycles. The zero-order chi connectivity index (χ0) is 26.7. The van der Waals surface area contributed by atoms with Crippen LogP contribution >= 0.6 is 0 Å². The Balaban J connectivity index is 1.52. The first kappa shape index (κ1) is 25.6. The maximum atomic E-state index is 13.5. The van der Waals surface area contributed by atoms with Crippen LogP contribution in [-0.2, 0) is 13.2 Å². The topological polar surface area (TPSA) is 39.9 Å². The molecule has 6 heteroatoms. The predicted octanol–water partition coefficient (Wildman–Crippen LogP) is 7.96. The molecule has 0 aliphatic carbocycles. The maximum Gasteiger partial charge on any atom is 0.130 e. The summed E-state index contributed by atoms with van der Waals surface area (Å²) in [5, 5.41) is 5.40. The van der Waals surface area contributed by atoms with Crippen LogP contribution in [0.2, 0.25) is 0 Å². The van der Waals surface area contributed by atoms with Crippen LogP contribution in [0.5, 0.6) is 5.75 Å². The van der Waals surface area contributed by atoms with Crippen molar-refractivity contribution >= 4 is 10.9 Å². The van der Waals surface area contributed by atoms with E-state index in [1.165, 1.54) is 17.7 Å². The number of alkyl halides is 1. The summed E-state index contributed by atoms with van der Waals surface area (Å²) in [5.74, 6) is 0.498. The van der Waals surface area contributed by atoms with Crippen LogP contribution < -0.4 is 4.74 Å². The summed E-state index contributed by atoms with van der Waals surface area (Å²) in [7, 11) is 0. The van der Waals surface area contributed by atoms with Crippen molar-refractivity contribution in [3.63, 3.8) is 0 Å². The van der Waals surface area contributed by atoms with Gasteiger partial charge in [0.2, 0.25) is 0 Å². The van der Waals surface area contributed by atoms with Gasteiger partial charge in [-0.3, -0.25) is 4.68 Å². The van der Waals surface area contributed by atoms with Gasteiger partial charge in [-0.25, -0.2) is 13.8 Å². The second-order valence-electron chi connectivity index (χ2n) is 10.5. The van der Waals surface area contributed by atoms with Crippen molar-refractivity contribution in [2.24, 2.45) is 5.41 Å². The minimum Gasteiger partial charge on any atom is -0.487 e. The Morgan fingerprint density at radius 1 is 0.921 bits per heavy atom. The first-order valence-electron chi connectivity index (χ1n) is 12.8. The molecule has 1 atom stereocenters. The molecule has 0 fully saturated rings. The molecule has 0 radical (unpaired) electrons. The molecule has 1 unspecified atom stereocenters. The molecule has 5 rings (SSSR count). The molecule has 194 valence electrons. The highest BCUT2D eigenvalue weighted by Gasteiger charge is 2.31. The number of rotatable bonds is 8. The number of ether oxygens (including phenoxy) is 1. The summed E-state index contributed by atoms with van der Waals surface area (Å²) in [4.78, 5) is 4.63. The molecule has 5 aromatic rings. The second-order valence-corrected chi connectivity index (χ2v) is 10.5. The highest BCUT2D eigenvalue weighted by atomic mass is 19.1. The van der Waals surface area contributed by atoms with E-state index in [9.17, 15) is 8.78 Å². The molecule has 2 heterocycles. The Morgan fingerprint density at radius 2 is 1.74 bits per heavy atom. The van der Waals surface area contributed by atoms with Crippen LogP contribution in [-0.4, -0.2) is 21.4 Å². The molecule has 2 aromatic heterocycles. The van der Waals surface area contributed by atoms with E-state index in [-0.39, 0.29) is 30.3 Å². The third kappa shape index (κ3) is 5.59. The molecule has 0 saturated carbocycles. The van der Waals surface area contributed by atoms with Crippen molar-refractivity contribution in [3.8, 4) is 17.0 Å². The van der Waals surface area contributed by atoms with E-state index in [1.807, 2.05) is 42.6 Å². The number of pyridine rings is 1. The van der Waals surface area contributed by atoms with Crippen LogP contribution in [0.1, 0.15) is 43.5 Å². The average Bonchev–Trinajstić information content (AvgIpc) is 3.36. The van der Waals surface area contributed by atoms with E-state index < -0.39 is 6.67 Å². The van der Waals surface area contributed by atoms with E-state index >= 15 is 0 Å². The van der Waals surface area contributed by atoms with Crippen molar-refractivity contribution in [1.29, 1.82) is 0 Å². The zero-order valence-corrected chi connectivity index (χ0v) is 21.9. The van der Waals surface area contributed by atoms with Crippen molar-refractivity contribution < 1.29 is 13.5 Å². The zero-order valence-electron chi connectivity index (χ0n) is 21.9. The summed E-state index contributed by atoms with van der Waals surface area (Å²) in [6.07, 6.45) is 1.81. The third-order valence-corrected chi connectivity index (χ3v) is 6.66. The van der Waals surface area contributed by atoms with Gasteiger partial charge in [0.15, 0.2) is 0 Å². The lowest BCUT2D eigenvalue weighted by Crippen LogP contribution is -2.20. The van der Waals surface area contributed by atoms with Gasteiger partial charge in [-0.1, -0.05) is 57.2 Å². The van der Waals surface area contributed by atoms with Gasteiger partial charge >= 0.3 is 0 Å². The van der Waals surface area contributed by atoms with Gasteiger partial charge in [0.25, 0.3) is 0 Å². The minimum absolute atomic E-state index is 0.0577. The van der Waals surface area contributed by atoms with Crippen LogP contribution in [0.4, 0.5) is 8.78 Å². The highest BCUT2D eigenvalue weighted by molar-refractivity contribution is 5.78. The van der Waals surface area contributed by atoms with E-state index in [4.69, 9.17) is 4.74 Å². The van der Waals surface area contributed by atoms with Gasteiger partial charge in [-0.15, -0.1) is 0 Å². The van der Waals surface area contributed by atoms with Crippen molar-refractivity contribution in [2.75, 3.05) is 6.67 Å². The molecule has 4 nitrogen and oxygen atoms in total. The number of nitrogens with zero attached hydrogens (tertiary/aromatic N) is 3. The smallest absolute Gasteiger partial charge is 0.130 e. The average molecular weight is 512 g/mol. The van der Waals surface area contributed by atoms with Crippen LogP contribution in [0.15, 0.2) is 91.1 Å². The number of aromatic nitrogens is 3. The first-order chi connectivity index (χ1) is 18.3. The van der Waals surface area contributed by atoms with E-state index in [0.29, 0.717) is 0 Å². The summed E-state index contributed by atoms with van der Waals surface area (Å²) in [6, 6.07) is 26.7. The number of fused-ring (bicyclic) bond motifs is 1. The van der Waals surface area contributed by atoms with Gasteiger partial charge < -0.3 is 4.74 Å². The molecule has 0 aliphatic heterocycles. The maximum absolute atomic E-state index is 13.5. The fourth-order valence-corrected chi connectivity index (χ4v) is 4.99. The standard InChI is InChI=1S/C32H31F2N3O/c1-32(2,3)31(22-7-5-4-6-8-22)28-20-26(12-13-27(28)30-15-17-37(36-30)18-16-33)38-21-25-11-9-23-19-24(34)10-14-29(23)35-25/h4-15,17,19-20,31H,16,18,21H2,1-3H3. The molecular weight excluding hydrogens is 480 g/mol. The first-order valence-corrected chi connectivity index (χ1v) is 12.8. The molecular formula is C32H31F2N3O. The molecule has 0 bridgehead atoms. The molecule has 0 spiro atoms. The van der Waals surface area contributed by atoms with Gasteiger partial charge in [0.1, 0.15) is 24.8 Å². The lowest BCUT2D eigenvalue weighted by molar-refractivity contribution is 0.300. The monoisotopic (exact) mass is 511 g/mol. The summed E-state index contributed by atoms with van der Waals surface area (Å²) < 4.78 is 34.4. The van der Waals surface area contributed by atoms with Gasteiger partial charge in [-0.2, -0.15) is 5.10 Å². The van der Waals surface area contributed by atoms with Crippen molar-refractivity contribution in [2.45, 2.75) is 39.8 Å². The molecule has 0 aliphatic rings. The normalized spacial score (nSPS) is 12.6. The fourth-order valence-electron chi connectivity index (χ4n) is 4.99. The Kier molecular flexibility index (Phi) is 7.23. The third-order valence-electron chi connectivity index (χ3n) is 6.66. The molecule has 0 amide bonds. The lowest BCUT2D eigenvalue weighted by atomic mass is 9.71. The Hall–Kier alpha value is -4.06. The van der Waals surface area contributed by atoms with Crippen LogP contribution in [0, 0.1) is 11.2 Å². The van der Waals surface area contributed by atoms with E-state index in [0.717, 1.165) is 39.2 Å². The number of hydrogen-bond acceptors (Lipinski definition) is 3.